The van der Waals surface area contributed by atoms with Crippen molar-refractivity contribution in [2.45, 2.75) is 30.9 Å². The molecule has 9 heteroatoms. The molecule has 0 saturated carbocycles. The Morgan fingerprint density at radius 3 is 2.65 bits per heavy atom. The van der Waals surface area contributed by atoms with Crippen LogP contribution in [0.4, 0.5) is 11.4 Å². The lowest BCUT2D eigenvalue weighted by atomic mass is 9.79. The molecule has 3 heterocycles. The Bertz CT molecular complexity index is 1130. The van der Waals surface area contributed by atoms with Gasteiger partial charge in [0.25, 0.3) is 0 Å². The van der Waals surface area contributed by atoms with E-state index in [1.54, 1.807) is 0 Å². The zero-order valence-electron chi connectivity index (χ0n) is 19.0. The first-order chi connectivity index (χ1) is 16.5. The number of carbonyl (C=O) groups excluding carboxylic acids is 2. The number of amides is 2. The van der Waals surface area contributed by atoms with Gasteiger partial charge >= 0.3 is 0 Å². The summed E-state index contributed by atoms with van der Waals surface area (Å²) in [5.41, 5.74) is 12.9. The summed E-state index contributed by atoms with van der Waals surface area (Å²) in [6.45, 7) is 4.11. The number of nitrogens with two attached hydrogens (primary N) is 1. The molecule has 34 heavy (non-hydrogen) atoms. The van der Waals surface area contributed by atoms with Crippen molar-refractivity contribution in [2.75, 3.05) is 49.1 Å². The maximum atomic E-state index is 14.0. The molecule has 2 atom stereocenters. The second-order valence-electron chi connectivity index (χ2n) is 9.60. The van der Waals surface area contributed by atoms with E-state index in [-0.39, 0.29) is 11.8 Å². The molecule has 0 aromatic heterocycles. The Balaban J connectivity index is 1.26. The Morgan fingerprint density at radius 1 is 1.09 bits per heavy atom. The fourth-order valence-electron chi connectivity index (χ4n) is 5.95. The first-order valence-electron chi connectivity index (χ1n) is 11.9. The molecular weight excluding hydrogens is 434 g/mol. The van der Waals surface area contributed by atoms with E-state index in [0.717, 1.165) is 37.4 Å². The zero-order valence-corrected chi connectivity index (χ0v) is 19.0. The minimum Gasteiger partial charge on any atom is -0.369 e. The van der Waals surface area contributed by atoms with E-state index in [1.165, 1.54) is 16.8 Å². The van der Waals surface area contributed by atoms with Gasteiger partial charge in [-0.2, -0.15) is 0 Å². The van der Waals surface area contributed by atoms with Crippen molar-refractivity contribution in [2.24, 2.45) is 5.73 Å². The highest BCUT2D eigenvalue weighted by Crippen LogP contribution is 2.51. The lowest BCUT2D eigenvalue weighted by Gasteiger charge is -2.35. The number of carbonyl (C=O) groups is 2. The molecule has 0 radical (unpaired) electrons. The predicted molar refractivity (Wildman–Crippen MR) is 126 cm³/mol. The lowest BCUT2D eigenvalue weighted by Crippen LogP contribution is -2.50. The minimum absolute atomic E-state index is 0.0974. The van der Waals surface area contributed by atoms with Gasteiger partial charge in [0, 0.05) is 38.3 Å². The highest BCUT2D eigenvalue weighted by atomic mass is 16.9. The molecule has 178 valence electrons. The molecule has 3 N–H and O–H groups in total. The SMILES string of the molecule is NC(=O)CN1CCN(c2ccc3c(c2)CC2(C3)C(=O)N(C3CCONO3)c3ccccc32)CC1. The average molecular weight is 464 g/mol. The van der Waals surface area contributed by atoms with Crippen molar-refractivity contribution in [1.82, 2.24) is 10.5 Å². The summed E-state index contributed by atoms with van der Waals surface area (Å²) in [7, 11) is 0. The van der Waals surface area contributed by atoms with Gasteiger partial charge in [-0.3, -0.25) is 29.1 Å². The van der Waals surface area contributed by atoms with Crippen molar-refractivity contribution in [3.05, 3.63) is 59.2 Å². The summed E-state index contributed by atoms with van der Waals surface area (Å²) in [5, 5.41) is 0. The number of fused-ring (bicyclic) bond motifs is 3. The van der Waals surface area contributed by atoms with Crippen LogP contribution in [-0.4, -0.2) is 62.3 Å². The maximum absolute atomic E-state index is 14.0. The average Bonchev–Trinajstić information content (AvgIpc) is 3.35. The van der Waals surface area contributed by atoms with E-state index < -0.39 is 11.6 Å². The maximum Gasteiger partial charge on any atom is 0.240 e. The number of hydrogen-bond acceptors (Lipinski definition) is 7. The quantitative estimate of drug-likeness (QED) is 0.694. The van der Waals surface area contributed by atoms with Crippen LogP contribution in [-0.2, 0) is 37.5 Å². The summed E-state index contributed by atoms with van der Waals surface area (Å²) < 4.78 is 0. The van der Waals surface area contributed by atoms with Crippen LogP contribution in [0, 0.1) is 0 Å². The summed E-state index contributed by atoms with van der Waals surface area (Å²) in [6.07, 6.45) is 1.60. The van der Waals surface area contributed by atoms with Crippen molar-refractivity contribution in [1.29, 1.82) is 0 Å². The van der Waals surface area contributed by atoms with Crippen LogP contribution >= 0.6 is 0 Å². The molecule has 2 aromatic rings. The van der Waals surface area contributed by atoms with Crippen LogP contribution in [0.1, 0.15) is 23.1 Å². The Kier molecular flexibility index (Phi) is 5.29. The molecular formula is C25H29N5O4. The molecule has 2 amide bonds. The van der Waals surface area contributed by atoms with Crippen molar-refractivity contribution < 1.29 is 19.3 Å². The number of nitrogens with one attached hydrogen (secondary N) is 1. The number of primary amides is 1. The number of anilines is 2. The van der Waals surface area contributed by atoms with E-state index in [1.807, 2.05) is 23.1 Å². The van der Waals surface area contributed by atoms with Gasteiger partial charge in [0.15, 0.2) is 6.23 Å². The number of nitrogens with zero attached hydrogens (tertiary/aromatic N) is 3. The molecule has 1 aliphatic carbocycles. The van der Waals surface area contributed by atoms with Crippen LogP contribution < -0.4 is 21.2 Å². The fourth-order valence-corrected chi connectivity index (χ4v) is 5.95. The molecule has 9 nitrogen and oxygen atoms in total. The first-order valence-corrected chi connectivity index (χ1v) is 11.9. The minimum atomic E-state index is -0.598. The van der Waals surface area contributed by atoms with Gasteiger partial charge in [0.2, 0.25) is 11.8 Å². The second-order valence-corrected chi connectivity index (χ2v) is 9.60. The highest BCUT2D eigenvalue weighted by Gasteiger charge is 2.55. The van der Waals surface area contributed by atoms with Gasteiger partial charge in [-0.15, -0.1) is 0 Å². The number of benzene rings is 2. The molecule has 2 unspecified atom stereocenters. The molecule has 2 fully saturated rings. The topological polar surface area (TPSA) is 100 Å². The lowest BCUT2D eigenvalue weighted by molar-refractivity contribution is -0.238. The zero-order chi connectivity index (χ0) is 23.3. The fraction of sp³-hybridized carbons (Fsp3) is 0.440. The third-order valence-corrected chi connectivity index (χ3v) is 7.60. The summed E-state index contributed by atoms with van der Waals surface area (Å²) in [6, 6.07) is 14.7. The molecule has 2 aromatic carbocycles. The third-order valence-electron chi connectivity index (χ3n) is 7.60. The second kappa shape index (κ2) is 8.35. The van der Waals surface area contributed by atoms with Crippen LogP contribution in [0.2, 0.25) is 0 Å². The number of piperazine rings is 1. The van der Waals surface area contributed by atoms with E-state index in [0.29, 0.717) is 32.4 Å². The largest absolute Gasteiger partial charge is 0.369 e. The number of para-hydroxylation sites is 1. The Hall–Kier alpha value is -2.98. The number of hydrogen-bond donors (Lipinski definition) is 2. The summed E-state index contributed by atoms with van der Waals surface area (Å²) in [4.78, 5) is 42.2. The van der Waals surface area contributed by atoms with Gasteiger partial charge < -0.3 is 10.6 Å². The van der Waals surface area contributed by atoms with Crippen LogP contribution in [0.15, 0.2) is 42.5 Å². The first kappa shape index (κ1) is 21.5. The van der Waals surface area contributed by atoms with E-state index >= 15 is 0 Å². The van der Waals surface area contributed by atoms with Gasteiger partial charge in [0.05, 0.1) is 24.3 Å². The third kappa shape index (κ3) is 3.47. The van der Waals surface area contributed by atoms with Gasteiger partial charge in [-0.25, -0.2) is 0 Å². The molecule has 6 rings (SSSR count). The highest BCUT2D eigenvalue weighted by molar-refractivity contribution is 6.09. The van der Waals surface area contributed by atoms with Crippen LogP contribution in [0.3, 0.4) is 0 Å². The molecule has 0 bridgehead atoms. The van der Waals surface area contributed by atoms with Crippen molar-refractivity contribution in [3.8, 4) is 0 Å². The van der Waals surface area contributed by atoms with E-state index in [9.17, 15) is 9.59 Å². The Labute approximate surface area is 198 Å². The standard InChI is InChI=1S/C25H29N5O4/c26-22(31)16-28-8-10-29(11-9-28)19-6-5-17-14-25(15-18(17)13-19)20-3-1-2-4-21(20)30(24(25)32)23-7-12-33-27-34-23/h1-6,13,23,27H,7-12,14-16H2,(H2,26,31). The molecule has 3 aliphatic heterocycles. The monoisotopic (exact) mass is 463 g/mol. The van der Waals surface area contributed by atoms with Crippen LogP contribution in [0.5, 0.6) is 0 Å². The predicted octanol–water partition coefficient (Wildman–Crippen LogP) is 0.860. The van der Waals surface area contributed by atoms with Gasteiger partial charge in [-0.1, -0.05) is 29.9 Å². The molecule has 1 spiro atoms. The molecule has 4 aliphatic rings. The number of rotatable bonds is 4. The smallest absolute Gasteiger partial charge is 0.240 e. The van der Waals surface area contributed by atoms with E-state index in [2.05, 4.69) is 39.7 Å². The summed E-state index contributed by atoms with van der Waals surface area (Å²) in [5.74, 6) is -0.186. The van der Waals surface area contributed by atoms with Gasteiger partial charge in [0.1, 0.15) is 0 Å². The van der Waals surface area contributed by atoms with Crippen molar-refractivity contribution >= 4 is 23.2 Å². The Morgan fingerprint density at radius 2 is 1.88 bits per heavy atom. The van der Waals surface area contributed by atoms with Crippen LogP contribution in [0.25, 0.3) is 0 Å². The summed E-state index contributed by atoms with van der Waals surface area (Å²) >= 11 is 0. The van der Waals surface area contributed by atoms with Crippen molar-refractivity contribution in [3.63, 3.8) is 0 Å². The van der Waals surface area contributed by atoms with Gasteiger partial charge in [-0.05, 0) is 47.7 Å². The molecule has 2 saturated heterocycles. The van der Waals surface area contributed by atoms with E-state index in [4.69, 9.17) is 15.4 Å². The normalized spacial score (nSPS) is 26.7.